The van der Waals surface area contributed by atoms with Crippen molar-refractivity contribution in [2.75, 3.05) is 36.6 Å². The van der Waals surface area contributed by atoms with Crippen molar-refractivity contribution in [3.63, 3.8) is 0 Å². The van der Waals surface area contributed by atoms with Crippen LogP contribution in [0, 0.1) is 5.92 Å². The Balaban J connectivity index is 1.42. The van der Waals surface area contributed by atoms with Gasteiger partial charge in [0.15, 0.2) is 0 Å². The van der Waals surface area contributed by atoms with Crippen LogP contribution in [0.4, 0.5) is 11.5 Å². The molecule has 4 rings (SSSR count). The fraction of sp³-hybridized carbons (Fsp3) is 0.565. The summed E-state index contributed by atoms with van der Waals surface area (Å²) in [5, 5.41) is 7.76. The van der Waals surface area contributed by atoms with Gasteiger partial charge in [-0.15, -0.1) is 0 Å². The lowest BCUT2D eigenvalue weighted by atomic mass is 9.93. The minimum Gasteiger partial charge on any atom is -0.384 e. The zero-order valence-corrected chi connectivity index (χ0v) is 21.4. The highest BCUT2D eigenvalue weighted by Crippen LogP contribution is 2.35. The first-order chi connectivity index (χ1) is 16.3. The zero-order valence-electron chi connectivity index (χ0n) is 19.1. The van der Waals surface area contributed by atoms with Gasteiger partial charge in [-0.1, -0.05) is 23.2 Å². The van der Waals surface area contributed by atoms with Crippen LogP contribution in [-0.2, 0) is 19.0 Å². The van der Waals surface area contributed by atoms with E-state index in [2.05, 4.69) is 20.6 Å². The van der Waals surface area contributed by atoms with E-state index in [0.29, 0.717) is 34.8 Å². The van der Waals surface area contributed by atoms with Gasteiger partial charge in [-0.05, 0) is 56.6 Å². The summed E-state index contributed by atoms with van der Waals surface area (Å²) in [6.07, 6.45) is 9.18. The molecule has 1 saturated carbocycles. The number of rotatable bonds is 8. The molecule has 1 aliphatic heterocycles. The molecule has 1 aliphatic carbocycles. The van der Waals surface area contributed by atoms with Gasteiger partial charge in [0.2, 0.25) is 0 Å². The number of pyridine rings is 2. The number of nitrogens with zero attached hydrogens (tertiary/aromatic N) is 2. The predicted octanol–water partition coefficient (Wildman–Crippen LogP) is 4.99. The summed E-state index contributed by atoms with van der Waals surface area (Å²) >= 11 is 12.9. The molecule has 11 heteroatoms. The fourth-order valence-electron chi connectivity index (χ4n) is 4.43. The van der Waals surface area contributed by atoms with Crippen LogP contribution in [0.15, 0.2) is 24.5 Å². The number of hydrogen-bond donors (Lipinski definition) is 2. The van der Waals surface area contributed by atoms with Crippen molar-refractivity contribution in [3.8, 4) is 11.1 Å². The van der Waals surface area contributed by atoms with Gasteiger partial charge in [0, 0.05) is 43.1 Å². The number of nitrogens with one attached hydrogen (secondary N) is 2. The summed E-state index contributed by atoms with van der Waals surface area (Å²) in [6.45, 7) is 2.48. The summed E-state index contributed by atoms with van der Waals surface area (Å²) < 4.78 is 33.3. The van der Waals surface area contributed by atoms with Crippen molar-refractivity contribution < 1.29 is 17.3 Å². The van der Waals surface area contributed by atoms with E-state index >= 15 is 0 Å². The van der Waals surface area contributed by atoms with E-state index in [1.165, 1.54) is 0 Å². The molecule has 2 fully saturated rings. The fourth-order valence-corrected chi connectivity index (χ4v) is 5.53. The van der Waals surface area contributed by atoms with Crippen molar-refractivity contribution in [2.24, 2.45) is 5.92 Å². The Morgan fingerprint density at radius 2 is 1.76 bits per heavy atom. The second-order valence-electron chi connectivity index (χ2n) is 8.97. The van der Waals surface area contributed by atoms with E-state index in [-0.39, 0.29) is 12.1 Å². The summed E-state index contributed by atoms with van der Waals surface area (Å²) in [5.74, 6) is 1.26. The van der Waals surface area contributed by atoms with Gasteiger partial charge in [-0.2, -0.15) is 8.42 Å². The number of halogens is 2. The zero-order chi connectivity index (χ0) is 24.1. The van der Waals surface area contributed by atoms with Crippen LogP contribution in [0.1, 0.15) is 38.5 Å². The van der Waals surface area contributed by atoms with Gasteiger partial charge in [0.1, 0.15) is 11.0 Å². The molecule has 2 aromatic heterocycles. The minimum atomic E-state index is -3.44. The van der Waals surface area contributed by atoms with E-state index in [9.17, 15) is 8.42 Å². The second-order valence-corrected chi connectivity index (χ2v) is 11.3. The van der Waals surface area contributed by atoms with E-state index < -0.39 is 10.1 Å². The maximum atomic E-state index is 11.4. The lowest BCUT2D eigenvalue weighted by Gasteiger charge is -2.28. The molecule has 1 saturated heterocycles. The molecule has 0 atom stereocenters. The van der Waals surface area contributed by atoms with E-state index in [1.54, 1.807) is 12.4 Å². The highest BCUT2D eigenvalue weighted by molar-refractivity contribution is 7.86. The SMILES string of the molecule is CS(=O)(=O)OC1CCC(Nc2cc(-c3cc(NCC4CCOCC4)cnc3Cl)c(Cl)cn2)CC1. The molecule has 2 aromatic rings. The Bertz CT molecular complexity index is 1090. The Morgan fingerprint density at radius 3 is 2.47 bits per heavy atom. The first kappa shape index (κ1) is 25.4. The Labute approximate surface area is 210 Å². The summed E-state index contributed by atoms with van der Waals surface area (Å²) in [6, 6.07) is 4.02. The molecule has 0 amide bonds. The van der Waals surface area contributed by atoms with Crippen LogP contribution in [0.25, 0.3) is 11.1 Å². The van der Waals surface area contributed by atoms with Crippen LogP contribution in [0.2, 0.25) is 10.2 Å². The Morgan fingerprint density at radius 1 is 1.03 bits per heavy atom. The van der Waals surface area contributed by atoms with Crippen LogP contribution >= 0.6 is 23.2 Å². The maximum absolute atomic E-state index is 11.4. The Hall–Kier alpha value is -1.65. The van der Waals surface area contributed by atoms with Crippen LogP contribution in [0.3, 0.4) is 0 Å². The van der Waals surface area contributed by atoms with Crippen molar-refractivity contribution in [2.45, 2.75) is 50.7 Å². The molecule has 34 heavy (non-hydrogen) atoms. The highest BCUT2D eigenvalue weighted by atomic mass is 35.5. The quantitative estimate of drug-likeness (QED) is 0.364. The van der Waals surface area contributed by atoms with Crippen LogP contribution in [-0.4, -0.2) is 56.5 Å². The van der Waals surface area contributed by atoms with E-state index in [1.807, 2.05) is 12.1 Å². The van der Waals surface area contributed by atoms with Crippen LogP contribution in [0.5, 0.6) is 0 Å². The summed E-state index contributed by atoms with van der Waals surface area (Å²) in [4.78, 5) is 8.78. The normalized spacial score (nSPS) is 21.9. The standard InChI is InChI=1S/C23H30Cl2N4O4S/c1-34(30,31)33-18-4-2-16(3-5-18)29-22-11-19(21(24)14-27-22)20-10-17(13-28-23(20)25)26-12-15-6-8-32-9-7-15/h10-11,13-16,18,26H,2-9,12H2,1H3,(H,27,29). The summed E-state index contributed by atoms with van der Waals surface area (Å²) in [7, 11) is -3.44. The number of ether oxygens (including phenoxy) is 1. The number of aromatic nitrogens is 2. The van der Waals surface area contributed by atoms with Gasteiger partial charge in [0.25, 0.3) is 10.1 Å². The average molecular weight is 529 g/mol. The molecule has 0 unspecified atom stereocenters. The van der Waals surface area contributed by atoms with Crippen molar-refractivity contribution >= 4 is 44.8 Å². The van der Waals surface area contributed by atoms with E-state index in [4.69, 9.17) is 32.1 Å². The van der Waals surface area contributed by atoms with Gasteiger partial charge in [-0.3, -0.25) is 4.18 Å². The van der Waals surface area contributed by atoms with Gasteiger partial charge in [-0.25, -0.2) is 9.97 Å². The third kappa shape index (κ3) is 7.18. The smallest absolute Gasteiger partial charge is 0.264 e. The Kier molecular flexibility index (Phi) is 8.52. The van der Waals surface area contributed by atoms with Crippen molar-refractivity contribution in [3.05, 3.63) is 34.7 Å². The molecule has 0 radical (unpaired) electrons. The van der Waals surface area contributed by atoms with Crippen LogP contribution < -0.4 is 10.6 Å². The monoisotopic (exact) mass is 528 g/mol. The highest BCUT2D eigenvalue weighted by Gasteiger charge is 2.25. The third-order valence-corrected chi connectivity index (χ3v) is 7.48. The van der Waals surface area contributed by atoms with Gasteiger partial charge >= 0.3 is 0 Å². The summed E-state index contributed by atoms with van der Waals surface area (Å²) in [5.41, 5.74) is 2.37. The molecule has 0 aromatic carbocycles. The topological polar surface area (TPSA) is 102 Å². The van der Waals surface area contributed by atoms with Gasteiger partial charge in [0.05, 0.1) is 29.3 Å². The maximum Gasteiger partial charge on any atom is 0.264 e. The molecule has 8 nitrogen and oxygen atoms in total. The molecule has 2 N–H and O–H groups in total. The van der Waals surface area contributed by atoms with Crippen molar-refractivity contribution in [1.29, 1.82) is 0 Å². The van der Waals surface area contributed by atoms with E-state index in [0.717, 1.165) is 68.5 Å². The first-order valence-electron chi connectivity index (χ1n) is 11.5. The van der Waals surface area contributed by atoms with Gasteiger partial charge < -0.3 is 15.4 Å². The second kappa shape index (κ2) is 11.4. The molecule has 0 spiro atoms. The largest absolute Gasteiger partial charge is 0.384 e. The number of hydrogen-bond acceptors (Lipinski definition) is 8. The number of anilines is 2. The minimum absolute atomic E-state index is 0.169. The molecular weight excluding hydrogens is 499 g/mol. The molecule has 3 heterocycles. The lowest BCUT2D eigenvalue weighted by molar-refractivity contribution is 0.0699. The molecule has 0 bridgehead atoms. The average Bonchev–Trinajstić information content (AvgIpc) is 2.81. The lowest BCUT2D eigenvalue weighted by Crippen LogP contribution is -2.31. The molecule has 186 valence electrons. The third-order valence-electron chi connectivity index (χ3n) is 6.26. The predicted molar refractivity (Wildman–Crippen MR) is 135 cm³/mol. The molecular formula is C23H30Cl2N4O4S. The van der Waals surface area contributed by atoms with Crippen molar-refractivity contribution in [1.82, 2.24) is 9.97 Å². The first-order valence-corrected chi connectivity index (χ1v) is 14.1. The molecule has 2 aliphatic rings.